The van der Waals surface area contributed by atoms with Gasteiger partial charge in [-0.15, -0.1) is 12.4 Å². The number of aromatic nitrogens is 1. The molecule has 6 nitrogen and oxygen atoms in total. The molecule has 9 heteroatoms. The average molecular weight is 466 g/mol. The number of carbonyl (C=O) groups is 1. The van der Waals surface area contributed by atoms with E-state index in [4.69, 9.17) is 0 Å². The van der Waals surface area contributed by atoms with E-state index < -0.39 is 9.84 Å². The van der Waals surface area contributed by atoms with Crippen molar-refractivity contribution >= 4 is 39.5 Å². The molecule has 4 aliphatic rings. The topological polar surface area (TPSA) is 79.4 Å². The van der Waals surface area contributed by atoms with Crippen LogP contribution in [0, 0.1) is 5.82 Å². The van der Waals surface area contributed by atoms with E-state index in [0.29, 0.717) is 23.2 Å². The van der Waals surface area contributed by atoms with Gasteiger partial charge >= 0.3 is 0 Å². The van der Waals surface area contributed by atoms with Crippen molar-refractivity contribution in [2.45, 2.75) is 37.5 Å². The van der Waals surface area contributed by atoms with Crippen molar-refractivity contribution < 1.29 is 17.6 Å². The normalized spacial score (nSPS) is 23.6. The van der Waals surface area contributed by atoms with Crippen molar-refractivity contribution in [3.05, 3.63) is 53.1 Å². The Morgan fingerprint density at radius 2 is 1.71 bits per heavy atom. The minimum Gasteiger partial charge on any atom is -0.354 e. The number of benzene rings is 1. The summed E-state index contributed by atoms with van der Waals surface area (Å²) in [5.74, 6) is 0.177. The molecule has 2 bridgehead atoms. The van der Waals surface area contributed by atoms with Crippen molar-refractivity contribution in [2.24, 2.45) is 0 Å². The Labute approximate surface area is 187 Å². The highest BCUT2D eigenvalue weighted by atomic mass is 35.5. The summed E-state index contributed by atoms with van der Waals surface area (Å²) in [7, 11) is -3.06. The molecular formula is C22H25ClFN3O3S. The second kappa shape index (κ2) is 8.39. The molecule has 3 aliphatic carbocycles. The third-order valence-corrected chi connectivity index (χ3v) is 8.25. The molecule has 166 valence electrons. The van der Waals surface area contributed by atoms with Gasteiger partial charge in [0.05, 0.1) is 23.4 Å². The lowest BCUT2D eigenvalue weighted by Crippen LogP contribution is -2.44. The number of pyridine rings is 1. The van der Waals surface area contributed by atoms with Gasteiger partial charge in [-0.1, -0.05) is 6.07 Å². The Morgan fingerprint density at radius 1 is 1.06 bits per heavy atom. The van der Waals surface area contributed by atoms with Gasteiger partial charge in [-0.2, -0.15) is 0 Å². The molecule has 0 atom stereocenters. The molecule has 6 rings (SSSR count). The predicted octanol–water partition coefficient (Wildman–Crippen LogP) is 4.01. The minimum atomic E-state index is -3.06. The van der Waals surface area contributed by atoms with Crippen molar-refractivity contribution in [3.63, 3.8) is 0 Å². The van der Waals surface area contributed by atoms with Crippen molar-refractivity contribution in [2.75, 3.05) is 29.9 Å². The van der Waals surface area contributed by atoms with Gasteiger partial charge < -0.3 is 10.2 Å². The van der Waals surface area contributed by atoms with E-state index in [2.05, 4.69) is 10.3 Å². The summed E-state index contributed by atoms with van der Waals surface area (Å²) in [6.07, 6.45) is 5.91. The van der Waals surface area contributed by atoms with Crippen LogP contribution in [0.2, 0.25) is 0 Å². The van der Waals surface area contributed by atoms with Crippen LogP contribution in [0.3, 0.4) is 0 Å². The first kappa shape index (κ1) is 22.0. The molecule has 1 saturated heterocycles. The number of nitrogens with one attached hydrogen (secondary N) is 1. The lowest BCUT2D eigenvalue weighted by molar-refractivity contribution is 0.0761. The molecule has 0 spiro atoms. The van der Waals surface area contributed by atoms with Crippen LogP contribution in [0.15, 0.2) is 30.5 Å². The molecule has 1 amide bonds. The van der Waals surface area contributed by atoms with E-state index in [1.807, 2.05) is 6.07 Å². The maximum absolute atomic E-state index is 13.6. The highest BCUT2D eigenvalue weighted by molar-refractivity contribution is 7.91. The number of anilines is 2. The summed E-state index contributed by atoms with van der Waals surface area (Å²) in [6.45, 7) is 0.435. The fraction of sp³-hybridized carbons (Fsp3) is 0.455. The van der Waals surface area contributed by atoms with Gasteiger partial charge in [0.2, 0.25) is 0 Å². The Kier molecular flexibility index (Phi) is 5.96. The number of halogens is 2. The number of hydrogen-bond donors (Lipinski definition) is 1. The summed E-state index contributed by atoms with van der Waals surface area (Å²) >= 11 is 0. The standard InChI is InChI=1S/C22H24FN3O3S.ClH/c23-16-2-1-3-17(12-16)25-18-13-24-21(20-15-6-4-14(5-7-15)19(18)20)22(27)26-8-10-30(28,29)11-9-26;/h1-3,12-15,25H,4-11H2;1H. The minimum absolute atomic E-state index is 0. The summed E-state index contributed by atoms with van der Waals surface area (Å²) in [6, 6.07) is 6.32. The van der Waals surface area contributed by atoms with Crippen molar-refractivity contribution in [3.8, 4) is 0 Å². The SMILES string of the molecule is Cl.O=C(c1ncc(Nc2cccc(F)c2)c2c1C1CCC2CC1)N1CCS(=O)(=O)CC1. The van der Waals surface area contributed by atoms with E-state index in [1.165, 1.54) is 12.1 Å². The first-order chi connectivity index (χ1) is 14.4. The first-order valence-corrected chi connectivity index (χ1v) is 12.3. The van der Waals surface area contributed by atoms with E-state index in [0.717, 1.165) is 42.5 Å². The van der Waals surface area contributed by atoms with Crippen LogP contribution in [0.5, 0.6) is 0 Å². The molecule has 31 heavy (non-hydrogen) atoms. The fourth-order valence-corrected chi connectivity index (χ4v) is 6.32. The maximum Gasteiger partial charge on any atom is 0.272 e. The first-order valence-electron chi connectivity index (χ1n) is 10.5. The molecule has 1 aromatic carbocycles. The molecule has 1 N–H and O–H groups in total. The van der Waals surface area contributed by atoms with Gasteiger partial charge in [0, 0.05) is 18.8 Å². The molecule has 1 saturated carbocycles. The van der Waals surface area contributed by atoms with Gasteiger partial charge in [-0.3, -0.25) is 4.79 Å². The number of hydrogen-bond acceptors (Lipinski definition) is 5. The number of rotatable bonds is 3. The quantitative estimate of drug-likeness (QED) is 0.740. The molecule has 2 fully saturated rings. The molecule has 2 aromatic rings. The van der Waals surface area contributed by atoms with Gasteiger partial charge in [0.15, 0.2) is 9.84 Å². The summed E-state index contributed by atoms with van der Waals surface area (Å²) in [5, 5.41) is 3.31. The van der Waals surface area contributed by atoms with Crippen LogP contribution in [0.4, 0.5) is 15.8 Å². The van der Waals surface area contributed by atoms with E-state index >= 15 is 0 Å². The van der Waals surface area contributed by atoms with Crippen LogP contribution < -0.4 is 5.32 Å². The smallest absolute Gasteiger partial charge is 0.272 e. The van der Waals surface area contributed by atoms with Crippen LogP contribution in [-0.4, -0.2) is 48.8 Å². The van der Waals surface area contributed by atoms with E-state index in [9.17, 15) is 17.6 Å². The van der Waals surface area contributed by atoms with Crippen molar-refractivity contribution in [1.29, 1.82) is 0 Å². The van der Waals surface area contributed by atoms with Gasteiger partial charge in [0.25, 0.3) is 5.91 Å². The number of amides is 1. The van der Waals surface area contributed by atoms with Crippen molar-refractivity contribution in [1.82, 2.24) is 9.88 Å². The van der Waals surface area contributed by atoms with Gasteiger partial charge in [-0.25, -0.2) is 17.8 Å². The van der Waals surface area contributed by atoms with Crippen LogP contribution in [-0.2, 0) is 9.84 Å². The molecule has 2 heterocycles. The number of sulfone groups is 1. The number of carbonyl (C=O) groups excluding carboxylic acids is 1. The zero-order chi connectivity index (χ0) is 20.9. The number of nitrogens with zero attached hydrogens (tertiary/aromatic N) is 2. The third kappa shape index (κ3) is 4.15. The zero-order valence-corrected chi connectivity index (χ0v) is 18.6. The zero-order valence-electron chi connectivity index (χ0n) is 17.0. The second-order valence-corrected chi connectivity index (χ2v) is 10.8. The van der Waals surface area contributed by atoms with Crippen LogP contribution in [0.1, 0.15) is 59.1 Å². The maximum atomic E-state index is 13.6. The second-order valence-electron chi connectivity index (χ2n) is 8.48. The Bertz CT molecular complexity index is 1100. The molecule has 1 aromatic heterocycles. The highest BCUT2D eigenvalue weighted by Gasteiger charge is 2.39. The molecular weight excluding hydrogens is 441 g/mol. The average Bonchev–Trinajstić information content (AvgIpc) is 2.74. The molecule has 0 radical (unpaired) electrons. The lowest BCUT2D eigenvalue weighted by Gasteiger charge is -2.40. The molecule has 1 aliphatic heterocycles. The third-order valence-electron chi connectivity index (χ3n) is 6.64. The highest BCUT2D eigenvalue weighted by Crippen LogP contribution is 2.53. The fourth-order valence-electron chi connectivity index (χ4n) is 5.12. The Hall–Kier alpha value is -2.19. The summed E-state index contributed by atoms with van der Waals surface area (Å²) in [4.78, 5) is 19.4. The van der Waals surface area contributed by atoms with E-state index in [1.54, 1.807) is 17.2 Å². The van der Waals surface area contributed by atoms with Gasteiger partial charge in [0.1, 0.15) is 11.5 Å². The Morgan fingerprint density at radius 3 is 2.35 bits per heavy atom. The number of fused-ring (bicyclic) bond motifs is 2. The van der Waals surface area contributed by atoms with Crippen LogP contribution in [0.25, 0.3) is 0 Å². The largest absolute Gasteiger partial charge is 0.354 e. The lowest BCUT2D eigenvalue weighted by atomic mass is 9.66. The monoisotopic (exact) mass is 465 g/mol. The van der Waals surface area contributed by atoms with E-state index in [-0.39, 0.29) is 48.7 Å². The predicted molar refractivity (Wildman–Crippen MR) is 120 cm³/mol. The molecule has 0 unspecified atom stereocenters. The summed E-state index contributed by atoms with van der Waals surface area (Å²) < 4.78 is 37.1. The van der Waals surface area contributed by atoms with Gasteiger partial charge in [-0.05, 0) is 66.8 Å². The Balaban J connectivity index is 0.00000231. The summed E-state index contributed by atoms with van der Waals surface area (Å²) in [5.41, 5.74) is 4.09. The van der Waals surface area contributed by atoms with Crippen LogP contribution >= 0.6 is 12.4 Å².